The molecule has 140 valence electrons. The number of aryl methyl sites for hydroxylation is 1. The number of ether oxygens (including phenoxy) is 1. The molecular weight excluding hydrogens is 338 g/mol. The molecular formula is C22H25N3O2. The van der Waals surface area contributed by atoms with Crippen LogP contribution in [0.25, 0.3) is 10.9 Å². The van der Waals surface area contributed by atoms with Crippen LogP contribution < -0.4 is 0 Å². The Morgan fingerprint density at radius 1 is 1.00 bits per heavy atom. The van der Waals surface area contributed by atoms with E-state index in [0.717, 1.165) is 25.2 Å². The number of aromatic amines is 1. The van der Waals surface area contributed by atoms with E-state index in [1.807, 2.05) is 35.2 Å². The van der Waals surface area contributed by atoms with Gasteiger partial charge in [0.25, 0.3) is 0 Å². The first-order valence-corrected chi connectivity index (χ1v) is 9.45. The molecule has 5 nitrogen and oxygen atoms in total. The van der Waals surface area contributed by atoms with E-state index in [1.165, 1.54) is 22.2 Å². The van der Waals surface area contributed by atoms with Crippen LogP contribution in [0.1, 0.15) is 16.8 Å². The zero-order chi connectivity index (χ0) is 18.6. The van der Waals surface area contributed by atoms with E-state index in [-0.39, 0.29) is 6.09 Å². The summed E-state index contributed by atoms with van der Waals surface area (Å²) < 4.78 is 5.45. The average Bonchev–Trinajstić information content (AvgIpc) is 3.03. The maximum absolute atomic E-state index is 12.3. The van der Waals surface area contributed by atoms with Gasteiger partial charge in [-0.25, -0.2) is 4.79 Å². The topological polar surface area (TPSA) is 48.6 Å². The van der Waals surface area contributed by atoms with E-state index < -0.39 is 0 Å². The Bertz CT molecular complexity index is 912. The number of nitrogens with one attached hydrogen (secondary N) is 1. The summed E-state index contributed by atoms with van der Waals surface area (Å²) in [6.07, 6.45) is -0.221. The van der Waals surface area contributed by atoms with Gasteiger partial charge in [-0.1, -0.05) is 48.5 Å². The summed E-state index contributed by atoms with van der Waals surface area (Å²) in [6.45, 7) is 6.49. The van der Waals surface area contributed by atoms with Gasteiger partial charge in [0.15, 0.2) is 0 Å². The molecule has 1 aliphatic heterocycles. The number of amides is 1. The van der Waals surface area contributed by atoms with Crippen molar-refractivity contribution < 1.29 is 9.53 Å². The molecule has 2 heterocycles. The molecule has 0 unspecified atom stereocenters. The van der Waals surface area contributed by atoms with Crippen LogP contribution >= 0.6 is 0 Å². The normalized spacial score (nSPS) is 15.2. The molecule has 0 spiro atoms. The van der Waals surface area contributed by atoms with Gasteiger partial charge >= 0.3 is 6.09 Å². The minimum Gasteiger partial charge on any atom is -0.445 e. The van der Waals surface area contributed by atoms with E-state index in [1.54, 1.807) is 0 Å². The van der Waals surface area contributed by atoms with Crippen molar-refractivity contribution in [3.05, 3.63) is 71.4 Å². The van der Waals surface area contributed by atoms with Gasteiger partial charge in [0.05, 0.1) is 0 Å². The van der Waals surface area contributed by atoms with Crippen LogP contribution in [0.2, 0.25) is 0 Å². The molecule has 1 saturated heterocycles. The molecule has 1 aliphatic rings. The van der Waals surface area contributed by atoms with E-state index in [2.05, 4.69) is 41.1 Å². The van der Waals surface area contributed by atoms with E-state index in [4.69, 9.17) is 4.74 Å². The smallest absolute Gasteiger partial charge is 0.410 e. The second-order valence-electron chi connectivity index (χ2n) is 7.08. The van der Waals surface area contributed by atoms with Gasteiger partial charge in [0.1, 0.15) is 6.61 Å². The molecule has 1 fully saturated rings. The number of nitrogens with zero attached hydrogens (tertiary/aromatic N) is 2. The minimum atomic E-state index is -0.221. The highest BCUT2D eigenvalue weighted by Crippen LogP contribution is 2.23. The summed E-state index contributed by atoms with van der Waals surface area (Å²) in [5.41, 5.74) is 4.78. The number of rotatable bonds is 4. The quantitative estimate of drug-likeness (QED) is 0.764. The Labute approximate surface area is 159 Å². The first-order valence-electron chi connectivity index (χ1n) is 9.45. The Kier molecular flexibility index (Phi) is 5.12. The summed E-state index contributed by atoms with van der Waals surface area (Å²) in [5.74, 6) is 0. The number of H-pyrrole nitrogens is 1. The third-order valence-corrected chi connectivity index (χ3v) is 5.24. The largest absolute Gasteiger partial charge is 0.445 e. The fraction of sp³-hybridized carbons (Fsp3) is 0.318. The number of aromatic nitrogens is 1. The van der Waals surface area contributed by atoms with Crippen LogP contribution in [-0.4, -0.2) is 47.1 Å². The van der Waals surface area contributed by atoms with Crippen LogP contribution in [-0.2, 0) is 17.9 Å². The summed E-state index contributed by atoms with van der Waals surface area (Å²) in [6, 6.07) is 18.2. The van der Waals surface area contributed by atoms with Crippen molar-refractivity contribution in [2.45, 2.75) is 20.1 Å². The van der Waals surface area contributed by atoms with Crippen LogP contribution in [0, 0.1) is 6.92 Å². The number of hydrogen-bond acceptors (Lipinski definition) is 3. The number of fused-ring (bicyclic) bond motifs is 1. The van der Waals surface area contributed by atoms with Gasteiger partial charge < -0.3 is 14.6 Å². The molecule has 1 N–H and O–H groups in total. The zero-order valence-electron chi connectivity index (χ0n) is 15.6. The maximum atomic E-state index is 12.3. The third-order valence-electron chi connectivity index (χ3n) is 5.24. The first kappa shape index (κ1) is 17.6. The van der Waals surface area contributed by atoms with Gasteiger partial charge in [-0.3, -0.25) is 4.90 Å². The van der Waals surface area contributed by atoms with Crippen molar-refractivity contribution in [3.63, 3.8) is 0 Å². The van der Waals surface area contributed by atoms with Crippen LogP contribution in [0.5, 0.6) is 0 Å². The molecule has 4 rings (SSSR count). The summed E-state index contributed by atoms with van der Waals surface area (Å²) in [4.78, 5) is 20.0. The summed E-state index contributed by atoms with van der Waals surface area (Å²) in [7, 11) is 0. The van der Waals surface area contributed by atoms with E-state index >= 15 is 0 Å². The third kappa shape index (κ3) is 3.98. The van der Waals surface area contributed by atoms with E-state index in [9.17, 15) is 4.79 Å². The van der Waals surface area contributed by atoms with Gasteiger partial charge in [-0.2, -0.15) is 0 Å². The molecule has 1 amide bonds. The van der Waals surface area contributed by atoms with Crippen molar-refractivity contribution in [2.75, 3.05) is 26.2 Å². The van der Waals surface area contributed by atoms with E-state index in [0.29, 0.717) is 19.7 Å². The van der Waals surface area contributed by atoms with Crippen LogP contribution in [0.4, 0.5) is 4.79 Å². The molecule has 5 heteroatoms. The maximum Gasteiger partial charge on any atom is 0.410 e. The number of piperazine rings is 1. The van der Waals surface area contributed by atoms with Crippen molar-refractivity contribution in [1.29, 1.82) is 0 Å². The first-order chi connectivity index (χ1) is 13.2. The number of carbonyl (C=O) groups is 1. The molecule has 2 aromatic carbocycles. The molecule has 0 aliphatic carbocycles. The van der Waals surface area contributed by atoms with Crippen LogP contribution in [0.3, 0.4) is 0 Å². The lowest BCUT2D eigenvalue weighted by Gasteiger charge is -2.34. The number of carbonyl (C=O) groups excluding carboxylic acids is 1. The monoisotopic (exact) mass is 363 g/mol. The van der Waals surface area contributed by atoms with Crippen LogP contribution in [0.15, 0.2) is 54.6 Å². The molecule has 0 bridgehead atoms. The highest BCUT2D eigenvalue weighted by molar-refractivity contribution is 5.84. The van der Waals surface area contributed by atoms with Gasteiger partial charge in [-0.05, 0) is 24.1 Å². The average molecular weight is 363 g/mol. The molecule has 0 atom stereocenters. The van der Waals surface area contributed by atoms with Gasteiger partial charge in [-0.15, -0.1) is 0 Å². The summed E-state index contributed by atoms with van der Waals surface area (Å²) in [5, 5.41) is 1.29. The molecule has 27 heavy (non-hydrogen) atoms. The SMILES string of the molecule is Cc1[nH]c2ccccc2c1CN1CCN(C(=O)OCc2ccccc2)CC1. The molecule has 3 aromatic rings. The lowest BCUT2D eigenvalue weighted by molar-refractivity contribution is 0.0701. The second-order valence-corrected chi connectivity index (χ2v) is 7.08. The number of benzene rings is 2. The fourth-order valence-corrected chi connectivity index (χ4v) is 3.66. The second kappa shape index (κ2) is 7.84. The predicted octanol–water partition coefficient (Wildman–Crippen LogP) is 3.93. The standard InChI is InChI=1S/C22H25N3O2/c1-17-20(19-9-5-6-10-21(19)23-17)15-24-11-13-25(14-12-24)22(26)27-16-18-7-3-2-4-8-18/h2-10,23H,11-16H2,1H3. The van der Waals surface area contributed by atoms with Crippen molar-refractivity contribution in [2.24, 2.45) is 0 Å². The summed E-state index contributed by atoms with van der Waals surface area (Å²) >= 11 is 0. The Morgan fingerprint density at radius 3 is 2.48 bits per heavy atom. The molecule has 0 saturated carbocycles. The van der Waals surface area contributed by atoms with Crippen molar-refractivity contribution in [1.82, 2.24) is 14.8 Å². The highest BCUT2D eigenvalue weighted by atomic mass is 16.6. The lowest BCUT2D eigenvalue weighted by atomic mass is 10.1. The molecule has 1 aromatic heterocycles. The Hall–Kier alpha value is -2.79. The van der Waals surface area contributed by atoms with Crippen molar-refractivity contribution in [3.8, 4) is 0 Å². The van der Waals surface area contributed by atoms with Gasteiger partial charge in [0.2, 0.25) is 0 Å². The Balaban J connectivity index is 1.31. The fourth-order valence-electron chi connectivity index (χ4n) is 3.66. The highest BCUT2D eigenvalue weighted by Gasteiger charge is 2.23. The van der Waals surface area contributed by atoms with Gasteiger partial charge in [0, 0.05) is 49.3 Å². The zero-order valence-corrected chi connectivity index (χ0v) is 15.6. The lowest BCUT2D eigenvalue weighted by Crippen LogP contribution is -2.48. The number of para-hydroxylation sites is 1. The predicted molar refractivity (Wildman–Crippen MR) is 107 cm³/mol. The number of hydrogen-bond donors (Lipinski definition) is 1. The minimum absolute atomic E-state index is 0.221. The molecule has 0 radical (unpaired) electrons. The van der Waals surface area contributed by atoms with Crippen molar-refractivity contribution >= 4 is 17.0 Å². The Morgan fingerprint density at radius 2 is 1.70 bits per heavy atom.